The van der Waals surface area contributed by atoms with Gasteiger partial charge in [0.25, 0.3) is 5.91 Å². The molecule has 0 aliphatic carbocycles. The summed E-state index contributed by atoms with van der Waals surface area (Å²) in [6.45, 7) is 12.8. The fraction of sp³-hybridized carbons (Fsp3) is 0.486. The van der Waals surface area contributed by atoms with Crippen molar-refractivity contribution in [2.24, 2.45) is 5.92 Å². The quantitative estimate of drug-likeness (QED) is 0.225. The Kier molecular flexibility index (Phi) is 10.7. The molecule has 1 fully saturated rings. The van der Waals surface area contributed by atoms with Crippen LogP contribution in [-0.4, -0.2) is 46.4 Å². The van der Waals surface area contributed by atoms with E-state index in [1.807, 2.05) is 12.3 Å². The van der Waals surface area contributed by atoms with Crippen LogP contribution >= 0.6 is 0 Å². The van der Waals surface area contributed by atoms with E-state index in [1.54, 1.807) is 0 Å². The summed E-state index contributed by atoms with van der Waals surface area (Å²) in [5, 5.41) is 0. The lowest BCUT2D eigenvalue weighted by molar-refractivity contribution is 0.0540. The predicted molar refractivity (Wildman–Crippen MR) is 163 cm³/mol. The first kappa shape index (κ1) is 29.0. The minimum Gasteiger partial charge on any atom is -0.330 e. The molecule has 1 amide bonds. The largest absolute Gasteiger partial charge is 0.330 e. The molecular formula is C35H47N3O. The molecule has 0 radical (unpaired) electrons. The van der Waals surface area contributed by atoms with E-state index in [1.165, 1.54) is 47.9 Å². The highest BCUT2D eigenvalue weighted by molar-refractivity contribution is 5.92. The van der Waals surface area contributed by atoms with Crippen LogP contribution in [0.15, 0.2) is 66.9 Å². The molecule has 0 atom stereocenters. The van der Waals surface area contributed by atoms with Gasteiger partial charge in [0.1, 0.15) is 5.69 Å². The first-order valence-electron chi connectivity index (χ1n) is 15.1. The Bertz CT molecular complexity index is 1160. The highest BCUT2D eigenvalue weighted by Crippen LogP contribution is 2.25. The van der Waals surface area contributed by atoms with E-state index in [9.17, 15) is 4.79 Å². The van der Waals surface area contributed by atoms with Crippen LogP contribution in [0, 0.1) is 12.8 Å². The molecule has 0 spiro atoms. The van der Waals surface area contributed by atoms with Crippen molar-refractivity contribution in [2.75, 3.05) is 19.6 Å². The first-order chi connectivity index (χ1) is 18.9. The third-order valence-corrected chi connectivity index (χ3v) is 8.05. The summed E-state index contributed by atoms with van der Waals surface area (Å²) in [5.41, 5.74) is 6.64. The van der Waals surface area contributed by atoms with E-state index in [-0.39, 0.29) is 11.9 Å². The molecule has 208 valence electrons. The van der Waals surface area contributed by atoms with Crippen LogP contribution in [0.3, 0.4) is 0 Å². The Hall–Kier alpha value is -2.98. The monoisotopic (exact) mass is 525 g/mol. The van der Waals surface area contributed by atoms with Crippen molar-refractivity contribution >= 4 is 5.91 Å². The summed E-state index contributed by atoms with van der Waals surface area (Å²) in [6, 6.07) is 21.6. The molecule has 0 bridgehead atoms. The van der Waals surface area contributed by atoms with Gasteiger partial charge in [-0.05, 0) is 79.8 Å². The Morgan fingerprint density at radius 3 is 2.36 bits per heavy atom. The third-order valence-electron chi connectivity index (χ3n) is 8.05. The number of aromatic nitrogens is 1. The number of hydrogen-bond acceptors (Lipinski definition) is 3. The van der Waals surface area contributed by atoms with Gasteiger partial charge in [-0.3, -0.25) is 9.78 Å². The number of aryl methyl sites for hydroxylation is 2. The number of nitrogens with zero attached hydrogens (tertiary/aromatic N) is 3. The number of amides is 1. The van der Waals surface area contributed by atoms with Gasteiger partial charge in [0.2, 0.25) is 0 Å². The molecule has 1 saturated heterocycles. The summed E-state index contributed by atoms with van der Waals surface area (Å²) in [6.07, 6.45) is 9.81. The van der Waals surface area contributed by atoms with E-state index in [4.69, 9.17) is 0 Å². The topological polar surface area (TPSA) is 36.4 Å². The second kappa shape index (κ2) is 14.4. The van der Waals surface area contributed by atoms with Crippen LogP contribution < -0.4 is 0 Å². The molecule has 0 unspecified atom stereocenters. The number of benzene rings is 2. The first-order valence-corrected chi connectivity index (χ1v) is 15.1. The van der Waals surface area contributed by atoms with Crippen molar-refractivity contribution in [3.05, 3.63) is 89.2 Å². The molecule has 2 aromatic carbocycles. The molecule has 3 aromatic rings. The van der Waals surface area contributed by atoms with Gasteiger partial charge in [-0.2, -0.15) is 0 Å². The van der Waals surface area contributed by atoms with Gasteiger partial charge in [0.05, 0.1) is 0 Å². The van der Waals surface area contributed by atoms with Crippen molar-refractivity contribution < 1.29 is 4.79 Å². The zero-order chi connectivity index (χ0) is 27.6. The van der Waals surface area contributed by atoms with Crippen molar-refractivity contribution in [2.45, 2.75) is 85.2 Å². The zero-order valence-electron chi connectivity index (χ0n) is 24.5. The summed E-state index contributed by atoms with van der Waals surface area (Å²) in [4.78, 5) is 23.2. The fourth-order valence-corrected chi connectivity index (χ4v) is 5.51. The maximum absolute atomic E-state index is 13.9. The number of hydrogen-bond donors (Lipinski definition) is 0. The van der Waals surface area contributed by atoms with Gasteiger partial charge in [-0.15, -0.1) is 0 Å². The molecule has 4 nitrogen and oxygen atoms in total. The van der Waals surface area contributed by atoms with Crippen LogP contribution in [0.25, 0.3) is 11.1 Å². The molecule has 1 aromatic heterocycles. The number of pyridine rings is 1. The normalized spacial score (nSPS) is 14.6. The van der Waals surface area contributed by atoms with Gasteiger partial charge in [0.15, 0.2) is 0 Å². The van der Waals surface area contributed by atoms with E-state index in [0.717, 1.165) is 50.4 Å². The summed E-state index contributed by atoms with van der Waals surface area (Å²) < 4.78 is 0. The summed E-state index contributed by atoms with van der Waals surface area (Å²) >= 11 is 0. The lowest BCUT2D eigenvalue weighted by Gasteiger charge is -2.38. The molecule has 1 aliphatic heterocycles. The fourth-order valence-electron chi connectivity index (χ4n) is 5.51. The Labute approximate surface area is 236 Å². The van der Waals surface area contributed by atoms with Gasteiger partial charge in [-0.25, -0.2) is 0 Å². The Morgan fingerprint density at radius 2 is 1.72 bits per heavy atom. The van der Waals surface area contributed by atoms with Crippen LogP contribution in [-0.2, 0) is 13.0 Å². The molecule has 0 N–H and O–H groups in total. The van der Waals surface area contributed by atoms with Crippen LogP contribution in [0.5, 0.6) is 0 Å². The Morgan fingerprint density at radius 1 is 0.974 bits per heavy atom. The predicted octanol–water partition coefficient (Wildman–Crippen LogP) is 7.94. The number of unbranched alkanes of at least 4 members (excludes halogenated alkanes) is 2. The molecule has 1 aliphatic rings. The molecule has 2 heterocycles. The highest BCUT2D eigenvalue weighted by Gasteiger charge is 2.29. The zero-order valence-corrected chi connectivity index (χ0v) is 24.5. The second-order valence-electron chi connectivity index (χ2n) is 11.8. The minimum atomic E-state index is 0.0542. The minimum absolute atomic E-state index is 0.0542. The molecule has 4 heteroatoms. The van der Waals surface area contributed by atoms with Crippen LogP contribution in [0.2, 0.25) is 0 Å². The third kappa shape index (κ3) is 8.50. The van der Waals surface area contributed by atoms with Gasteiger partial charge < -0.3 is 9.80 Å². The number of piperidine rings is 1. The van der Waals surface area contributed by atoms with Crippen molar-refractivity contribution in [3.63, 3.8) is 0 Å². The van der Waals surface area contributed by atoms with Crippen LogP contribution in [0.1, 0.15) is 86.5 Å². The maximum Gasteiger partial charge on any atom is 0.272 e. The smallest absolute Gasteiger partial charge is 0.272 e. The van der Waals surface area contributed by atoms with E-state index in [0.29, 0.717) is 12.2 Å². The second-order valence-corrected chi connectivity index (χ2v) is 11.8. The SMILES string of the molecule is CCCCCc1ccc(C(=O)N(Cc2ccc(-c3cccc(C)c3)cc2)C2CCN(CCC(C)C)CC2)nc1. The van der Waals surface area contributed by atoms with Gasteiger partial charge >= 0.3 is 0 Å². The number of rotatable bonds is 12. The average molecular weight is 526 g/mol. The summed E-state index contributed by atoms with van der Waals surface area (Å²) in [5.74, 6) is 0.776. The molecule has 4 rings (SSSR count). The van der Waals surface area contributed by atoms with E-state index < -0.39 is 0 Å². The number of carbonyl (C=O) groups excluding carboxylic acids is 1. The van der Waals surface area contributed by atoms with Crippen molar-refractivity contribution in [1.29, 1.82) is 0 Å². The van der Waals surface area contributed by atoms with Gasteiger partial charge in [0, 0.05) is 31.9 Å². The lowest BCUT2D eigenvalue weighted by Crippen LogP contribution is -2.47. The number of carbonyl (C=O) groups is 1. The average Bonchev–Trinajstić information content (AvgIpc) is 2.96. The van der Waals surface area contributed by atoms with E-state index >= 15 is 0 Å². The highest BCUT2D eigenvalue weighted by atomic mass is 16.2. The number of likely N-dealkylation sites (tertiary alicyclic amines) is 1. The molecule has 0 saturated carbocycles. The molecular weight excluding hydrogens is 478 g/mol. The van der Waals surface area contributed by atoms with Crippen molar-refractivity contribution in [1.82, 2.24) is 14.8 Å². The van der Waals surface area contributed by atoms with Crippen LogP contribution in [0.4, 0.5) is 0 Å². The lowest BCUT2D eigenvalue weighted by atomic mass is 9.99. The van der Waals surface area contributed by atoms with Crippen molar-refractivity contribution in [3.8, 4) is 11.1 Å². The maximum atomic E-state index is 13.9. The standard InChI is InChI=1S/C35H47N3O/c1-5-6-7-10-29-14-17-34(36-25-29)35(39)38(33-19-22-37(23-20-33)21-18-27(2)3)26-30-12-15-31(16-13-30)32-11-8-9-28(4)24-32/h8-9,11-17,24-25,27,33H,5-7,10,18-23,26H2,1-4H3. The summed E-state index contributed by atoms with van der Waals surface area (Å²) in [7, 11) is 0. The van der Waals surface area contributed by atoms with E-state index in [2.05, 4.69) is 97.1 Å². The Balaban J connectivity index is 1.49. The molecule has 39 heavy (non-hydrogen) atoms. The van der Waals surface area contributed by atoms with Gasteiger partial charge in [-0.1, -0.05) is 93.8 Å².